The van der Waals surface area contributed by atoms with E-state index in [4.69, 9.17) is 20.6 Å². The summed E-state index contributed by atoms with van der Waals surface area (Å²) in [6.45, 7) is 0.596. The van der Waals surface area contributed by atoms with Crippen LogP contribution >= 0.6 is 11.3 Å². The summed E-state index contributed by atoms with van der Waals surface area (Å²) in [5.74, 6) is -5.77. The lowest BCUT2D eigenvalue weighted by Crippen LogP contribution is -2.49. The molecular weight excluding hydrogens is 580 g/mol. The number of hydrogen-bond acceptors (Lipinski definition) is 7. The van der Waals surface area contributed by atoms with E-state index in [-0.39, 0.29) is 47.0 Å². The van der Waals surface area contributed by atoms with Crippen LogP contribution < -0.4 is 16.4 Å². The van der Waals surface area contributed by atoms with Gasteiger partial charge in [-0.2, -0.15) is 8.78 Å². The molecule has 1 aliphatic carbocycles. The Morgan fingerprint density at radius 2 is 1.77 bits per heavy atom. The first-order chi connectivity index (χ1) is 20.6. The Labute approximate surface area is 249 Å². The number of amides is 3. The van der Waals surface area contributed by atoms with Crippen LogP contribution in [0.4, 0.5) is 8.78 Å². The molecule has 0 saturated carbocycles. The summed E-state index contributed by atoms with van der Waals surface area (Å²) in [6.07, 6.45) is 0.667. The minimum Gasteiger partial charge on any atom is -0.384 e. The Morgan fingerprint density at radius 3 is 2.51 bits per heavy atom. The van der Waals surface area contributed by atoms with Gasteiger partial charge in [0.05, 0.1) is 26.3 Å². The van der Waals surface area contributed by atoms with E-state index in [0.29, 0.717) is 37.3 Å². The molecule has 0 bridgehead atoms. The number of fused-ring (bicyclic) bond motifs is 3. The molecule has 224 valence electrons. The molecule has 43 heavy (non-hydrogen) atoms. The van der Waals surface area contributed by atoms with E-state index in [1.165, 1.54) is 40.5 Å². The highest BCUT2D eigenvalue weighted by molar-refractivity contribution is 7.10. The minimum atomic E-state index is -3.16. The molecule has 3 heterocycles. The van der Waals surface area contributed by atoms with Crippen molar-refractivity contribution in [2.75, 3.05) is 32.8 Å². The normalized spacial score (nSPS) is 19.2. The van der Waals surface area contributed by atoms with E-state index in [0.717, 1.165) is 4.88 Å². The van der Waals surface area contributed by atoms with Crippen molar-refractivity contribution in [2.45, 2.75) is 30.6 Å². The zero-order valence-corrected chi connectivity index (χ0v) is 23.8. The van der Waals surface area contributed by atoms with Crippen molar-refractivity contribution in [2.24, 2.45) is 5.73 Å². The lowest BCUT2D eigenvalue weighted by atomic mass is 10.0. The van der Waals surface area contributed by atoms with Crippen LogP contribution in [0.3, 0.4) is 0 Å². The number of carbonyl (C=O) groups excluding carboxylic acids is 3. The molecular formula is C30H29F2N5O5S. The molecule has 3 amide bonds. The van der Waals surface area contributed by atoms with Gasteiger partial charge in [-0.15, -0.1) is 11.3 Å². The average molecular weight is 610 g/mol. The SMILES string of the molecule is N=C(N)c1csc(CCNC(=O)C2CC3(CN2C(=O)CNC(=O)c2ccc4c(c2)-c2ccccc2C4(F)F)OCCO3)c1. The average Bonchev–Trinajstić information content (AvgIpc) is 3.79. The Balaban J connectivity index is 1.10. The summed E-state index contributed by atoms with van der Waals surface area (Å²) in [5.41, 5.74) is 6.62. The molecule has 2 aliphatic heterocycles. The van der Waals surface area contributed by atoms with Crippen LogP contribution in [0.5, 0.6) is 0 Å². The maximum atomic E-state index is 14.9. The summed E-state index contributed by atoms with van der Waals surface area (Å²) in [6, 6.07) is 11.0. The number of benzene rings is 2. The van der Waals surface area contributed by atoms with Crippen LogP contribution in [0.1, 0.15) is 38.3 Å². The van der Waals surface area contributed by atoms with Gasteiger partial charge < -0.3 is 30.7 Å². The number of hydrogen-bond donors (Lipinski definition) is 4. The molecule has 1 aromatic heterocycles. The van der Waals surface area contributed by atoms with Gasteiger partial charge in [0.15, 0.2) is 5.79 Å². The van der Waals surface area contributed by atoms with Crippen LogP contribution in [0.25, 0.3) is 11.1 Å². The van der Waals surface area contributed by atoms with E-state index in [1.54, 1.807) is 29.6 Å². The number of halogens is 2. The number of likely N-dealkylation sites (tertiary alicyclic amines) is 1. The summed E-state index contributed by atoms with van der Waals surface area (Å²) >= 11 is 1.44. The molecule has 0 radical (unpaired) electrons. The maximum Gasteiger partial charge on any atom is 0.299 e. The van der Waals surface area contributed by atoms with Crippen LogP contribution in [0.15, 0.2) is 53.9 Å². The number of nitrogens with one attached hydrogen (secondary N) is 3. The lowest BCUT2D eigenvalue weighted by Gasteiger charge is -2.24. The van der Waals surface area contributed by atoms with E-state index >= 15 is 0 Å². The summed E-state index contributed by atoms with van der Waals surface area (Å²) in [5, 5.41) is 14.7. The number of ether oxygens (including phenoxy) is 2. The standard InChI is InChI=1S/C30H29F2N5O5S/c31-30(32)22-4-2-1-3-20(22)21-12-17(5-6-23(21)30)27(39)36-14-25(38)37-16-29(41-9-10-42-29)13-24(37)28(40)35-8-7-19-11-18(15-43-19)26(33)34/h1-6,11-12,15,24H,7-10,13-14,16H2,(H3,33,34)(H,35,40)(H,36,39). The van der Waals surface area contributed by atoms with E-state index < -0.39 is 36.1 Å². The van der Waals surface area contributed by atoms with Crippen LogP contribution in [-0.2, 0) is 31.4 Å². The molecule has 2 saturated heterocycles. The van der Waals surface area contributed by atoms with Crippen molar-refractivity contribution in [1.29, 1.82) is 5.41 Å². The van der Waals surface area contributed by atoms with Gasteiger partial charge in [-0.25, -0.2) is 0 Å². The number of carbonyl (C=O) groups is 3. The number of nitrogens with two attached hydrogens (primary N) is 1. The predicted molar refractivity (Wildman–Crippen MR) is 154 cm³/mol. The fraction of sp³-hybridized carbons (Fsp3) is 0.333. The highest BCUT2D eigenvalue weighted by Crippen LogP contribution is 2.50. The van der Waals surface area contributed by atoms with Crippen molar-refractivity contribution in [1.82, 2.24) is 15.5 Å². The molecule has 5 N–H and O–H groups in total. The predicted octanol–water partition coefficient (Wildman–Crippen LogP) is 2.59. The molecule has 6 rings (SSSR count). The third-order valence-electron chi connectivity index (χ3n) is 7.94. The highest BCUT2D eigenvalue weighted by Gasteiger charge is 2.52. The van der Waals surface area contributed by atoms with Gasteiger partial charge in [0.2, 0.25) is 11.8 Å². The van der Waals surface area contributed by atoms with Crippen LogP contribution in [0, 0.1) is 5.41 Å². The zero-order chi connectivity index (χ0) is 30.4. The quantitative estimate of drug-likeness (QED) is 0.228. The highest BCUT2D eigenvalue weighted by atomic mass is 32.1. The number of thiophene rings is 1. The van der Waals surface area contributed by atoms with Crippen molar-refractivity contribution in [3.05, 3.63) is 81.0 Å². The van der Waals surface area contributed by atoms with Crippen molar-refractivity contribution >= 4 is 34.9 Å². The van der Waals surface area contributed by atoms with Gasteiger partial charge in [0, 0.05) is 45.5 Å². The lowest BCUT2D eigenvalue weighted by molar-refractivity contribution is -0.152. The van der Waals surface area contributed by atoms with Gasteiger partial charge in [-0.1, -0.05) is 30.3 Å². The van der Waals surface area contributed by atoms with Crippen molar-refractivity contribution in [3.63, 3.8) is 0 Å². The van der Waals surface area contributed by atoms with Gasteiger partial charge in [-0.05, 0) is 35.7 Å². The third kappa shape index (κ3) is 5.39. The Bertz CT molecular complexity index is 1620. The van der Waals surface area contributed by atoms with Crippen molar-refractivity contribution < 1.29 is 32.6 Å². The van der Waals surface area contributed by atoms with E-state index in [9.17, 15) is 23.2 Å². The first-order valence-electron chi connectivity index (χ1n) is 13.8. The Kier molecular flexibility index (Phi) is 7.48. The molecule has 3 aliphatic rings. The van der Waals surface area contributed by atoms with Gasteiger partial charge >= 0.3 is 0 Å². The fourth-order valence-corrected chi connectivity index (χ4v) is 6.69. The van der Waals surface area contributed by atoms with Crippen LogP contribution in [0.2, 0.25) is 0 Å². The van der Waals surface area contributed by atoms with Gasteiger partial charge in [-0.3, -0.25) is 19.8 Å². The maximum absolute atomic E-state index is 14.9. The fourth-order valence-electron chi connectivity index (χ4n) is 5.80. The number of rotatable bonds is 8. The largest absolute Gasteiger partial charge is 0.384 e. The summed E-state index contributed by atoms with van der Waals surface area (Å²) in [4.78, 5) is 41.8. The monoisotopic (exact) mass is 609 g/mol. The zero-order valence-electron chi connectivity index (χ0n) is 23.0. The topological polar surface area (TPSA) is 147 Å². The van der Waals surface area contributed by atoms with E-state index in [1.807, 2.05) is 0 Å². The summed E-state index contributed by atoms with van der Waals surface area (Å²) < 4.78 is 41.3. The second-order valence-corrected chi connectivity index (χ2v) is 11.7. The second kappa shape index (κ2) is 11.1. The number of amidine groups is 1. The Morgan fingerprint density at radius 1 is 1.02 bits per heavy atom. The number of alkyl halides is 2. The molecule has 1 spiro atoms. The molecule has 3 aromatic rings. The molecule has 1 unspecified atom stereocenters. The van der Waals surface area contributed by atoms with Gasteiger partial charge in [0.1, 0.15) is 11.9 Å². The minimum absolute atomic E-state index is 0.0244. The van der Waals surface area contributed by atoms with Crippen molar-refractivity contribution in [3.8, 4) is 11.1 Å². The first-order valence-corrected chi connectivity index (χ1v) is 14.6. The molecule has 2 aromatic carbocycles. The molecule has 13 heteroatoms. The molecule has 2 fully saturated rings. The van der Waals surface area contributed by atoms with Crippen LogP contribution in [-0.4, -0.2) is 73.1 Å². The number of nitrogens with zero attached hydrogens (tertiary/aromatic N) is 1. The second-order valence-electron chi connectivity index (χ2n) is 10.7. The first kappa shape index (κ1) is 28.9. The third-order valence-corrected chi connectivity index (χ3v) is 8.94. The summed E-state index contributed by atoms with van der Waals surface area (Å²) in [7, 11) is 0. The number of nitrogen functional groups attached to an aromatic ring is 1. The smallest absolute Gasteiger partial charge is 0.299 e. The Hall–Kier alpha value is -4.20. The molecule has 1 atom stereocenters. The van der Waals surface area contributed by atoms with E-state index in [2.05, 4.69) is 10.6 Å². The molecule has 10 nitrogen and oxygen atoms in total. The van der Waals surface area contributed by atoms with Gasteiger partial charge in [0.25, 0.3) is 11.8 Å².